The number of rotatable bonds is 2. The molecule has 2 atom stereocenters. The molecular weight excluding hydrogens is 443 g/mol. The number of fused-ring (bicyclic) bond motifs is 4. The lowest BCUT2D eigenvalue weighted by Gasteiger charge is -2.45. The van der Waals surface area contributed by atoms with E-state index in [1.54, 1.807) is 5.51 Å². The number of carbonyl (C=O) groups is 1. The van der Waals surface area contributed by atoms with Gasteiger partial charge in [-0.25, -0.2) is 4.98 Å². The highest BCUT2D eigenvalue weighted by atomic mass is 35.5. The highest BCUT2D eigenvalue weighted by molar-refractivity contribution is 7.07. The Bertz CT molecular complexity index is 1120. The van der Waals surface area contributed by atoms with Crippen LogP contribution in [0, 0.1) is 0 Å². The number of aromatic nitrogens is 4. The maximum Gasteiger partial charge on any atom is 0.417 e. The maximum atomic E-state index is 13.3. The molecule has 0 unspecified atom stereocenters. The number of thiazole rings is 1. The number of amides is 1. The average Bonchev–Trinajstić information content (AvgIpc) is 3.35. The molecule has 1 saturated heterocycles. The van der Waals surface area contributed by atoms with E-state index in [0.29, 0.717) is 23.9 Å². The third-order valence-corrected chi connectivity index (χ3v) is 6.21. The monoisotopic (exact) mass is 455 g/mol. The molecule has 0 N–H and O–H groups in total. The van der Waals surface area contributed by atoms with E-state index in [4.69, 9.17) is 16.3 Å². The average molecular weight is 456 g/mol. The van der Waals surface area contributed by atoms with Crippen molar-refractivity contribution in [2.75, 3.05) is 13.2 Å². The number of nitrogens with zero attached hydrogens (tertiary/aromatic N) is 5. The van der Waals surface area contributed by atoms with Crippen molar-refractivity contribution in [2.45, 2.75) is 24.8 Å². The number of hydrogen-bond donors (Lipinski definition) is 0. The quantitative estimate of drug-likeness (QED) is 0.589. The Morgan fingerprint density at radius 2 is 2.10 bits per heavy atom. The maximum absolute atomic E-state index is 13.3. The van der Waals surface area contributed by atoms with Crippen LogP contribution in [0.4, 0.5) is 13.2 Å². The normalized spacial score (nSPS) is 20.9. The fourth-order valence-corrected chi connectivity index (χ4v) is 4.74. The first-order valence-corrected chi connectivity index (χ1v) is 10.3. The molecule has 0 spiro atoms. The van der Waals surface area contributed by atoms with E-state index in [-0.39, 0.29) is 18.8 Å². The molecule has 2 bridgehead atoms. The van der Waals surface area contributed by atoms with Gasteiger partial charge < -0.3 is 14.2 Å². The Labute approximate surface area is 177 Å². The van der Waals surface area contributed by atoms with Crippen molar-refractivity contribution in [1.82, 2.24) is 24.6 Å². The van der Waals surface area contributed by atoms with Crippen LogP contribution in [0.15, 0.2) is 29.1 Å². The Morgan fingerprint density at radius 3 is 2.83 bits per heavy atom. The smallest absolute Gasteiger partial charge is 0.377 e. The molecule has 7 nitrogen and oxygen atoms in total. The van der Waals surface area contributed by atoms with Crippen LogP contribution in [0.2, 0.25) is 5.02 Å². The van der Waals surface area contributed by atoms with Crippen molar-refractivity contribution in [1.29, 1.82) is 0 Å². The summed E-state index contributed by atoms with van der Waals surface area (Å²) in [5, 5.41) is 9.69. The molecule has 12 heteroatoms. The van der Waals surface area contributed by atoms with Gasteiger partial charge in [-0.05, 0) is 12.1 Å². The van der Waals surface area contributed by atoms with Crippen LogP contribution in [0.1, 0.15) is 27.8 Å². The summed E-state index contributed by atoms with van der Waals surface area (Å²) in [7, 11) is 0. The highest BCUT2D eigenvalue weighted by Crippen LogP contribution is 2.40. The van der Waals surface area contributed by atoms with Gasteiger partial charge >= 0.3 is 6.18 Å². The summed E-state index contributed by atoms with van der Waals surface area (Å²) in [6, 6.07) is 2.35. The van der Waals surface area contributed by atoms with Crippen molar-refractivity contribution in [2.24, 2.45) is 0 Å². The minimum absolute atomic E-state index is 0.161. The molecule has 2 aliphatic rings. The number of morpholine rings is 1. The lowest BCUT2D eigenvalue weighted by molar-refractivity contribution is -0.137. The van der Waals surface area contributed by atoms with Crippen LogP contribution in [0.3, 0.4) is 0 Å². The SMILES string of the molecule is O=C(c1cccc(C(F)(F)F)c1Cl)N1[C@H]2COC[C@@H]1c1nnc(-c3cscn3)n1C2. The highest BCUT2D eigenvalue weighted by Gasteiger charge is 2.45. The van der Waals surface area contributed by atoms with Crippen molar-refractivity contribution in [3.63, 3.8) is 0 Å². The van der Waals surface area contributed by atoms with Crippen LogP contribution in [-0.2, 0) is 17.5 Å². The topological polar surface area (TPSA) is 73.1 Å². The standard InChI is InChI=1S/C18H13ClF3N5O2S/c19-14-10(2-1-3-11(14)18(20,21)22)17(28)27-9-4-26-15(12-7-30-8-23-12)24-25-16(26)13(27)6-29-5-9/h1-3,7-9,13H,4-6H2/t9-,13-/m1/s1. The number of hydrogen-bond acceptors (Lipinski definition) is 6. The van der Waals surface area contributed by atoms with Crippen molar-refractivity contribution < 1.29 is 22.7 Å². The molecule has 3 aromatic rings. The third-order valence-electron chi connectivity index (χ3n) is 5.22. The molecule has 2 aliphatic heterocycles. The summed E-state index contributed by atoms with van der Waals surface area (Å²) >= 11 is 7.43. The summed E-state index contributed by atoms with van der Waals surface area (Å²) < 4.78 is 47.2. The van der Waals surface area contributed by atoms with Gasteiger partial charge in [-0.15, -0.1) is 21.5 Å². The molecule has 1 fully saturated rings. The van der Waals surface area contributed by atoms with E-state index < -0.39 is 34.8 Å². The van der Waals surface area contributed by atoms with Crippen LogP contribution in [0.5, 0.6) is 0 Å². The molecule has 156 valence electrons. The Balaban J connectivity index is 1.55. The van der Waals surface area contributed by atoms with Crippen LogP contribution in [-0.4, -0.2) is 49.8 Å². The first-order valence-electron chi connectivity index (χ1n) is 8.94. The van der Waals surface area contributed by atoms with E-state index in [2.05, 4.69) is 15.2 Å². The molecule has 5 rings (SSSR count). The zero-order valence-corrected chi connectivity index (χ0v) is 16.7. The zero-order valence-electron chi connectivity index (χ0n) is 15.1. The predicted molar refractivity (Wildman–Crippen MR) is 101 cm³/mol. The third kappa shape index (κ3) is 2.99. The van der Waals surface area contributed by atoms with Gasteiger partial charge in [-0.2, -0.15) is 13.2 Å². The minimum Gasteiger partial charge on any atom is -0.377 e. The summed E-state index contributed by atoms with van der Waals surface area (Å²) in [6.45, 7) is 0.745. The molecule has 30 heavy (non-hydrogen) atoms. The molecule has 4 heterocycles. The largest absolute Gasteiger partial charge is 0.417 e. The van der Waals surface area contributed by atoms with Gasteiger partial charge in [-0.1, -0.05) is 17.7 Å². The van der Waals surface area contributed by atoms with Gasteiger partial charge in [0.2, 0.25) is 0 Å². The molecular formula is C18H13ClF3N5O2S. The van der Waals surface area contributed by atoms with Crippen LogP contribution < -0.4 is 0 Å². The van der Waals surface area contributed by atoms with Gasteiger partial charge in [0.25, 0.3) is 5.91 Å². The number of alkyl halides is 3. The summed E-state index contributed by atoms with van der Waals surface area (Å²) in [6.07, 6.45) is -4.66. The van der Waals surface area contributed by atoms with Crippen molar-refractivity contribution >= 4 is 28.8 Å². The Morgan fingerprint density at radius 1 is 1.27 bits per heavy atom. The van der Waals surface area contributed by atoms with E-state index in [9.17, 15) is 18.0 Å². The summed E-state index contributed by atoms with van der Waals surface area (Å²) in [5.41, 5.74) is 1.13. The number of carbonyl (C=O) groups excluding carboxylic acids is 1. The molecule has 0 aliphatic carbocycles. The first kappa shape index (κ1) is 19.5. The van der Waals surface area contributed by atoms with Crippen LogP contribution in [0.25, 0.3) is 11.5 Å². The van der Waals surface area contributed by atoms with Gasteiger partial charge in [0.1, 0.15) is 11.7 Å². The van der Waals surface area contributed by atoms with Crippen molar-refractivity contribution in [3.05, 3.63) is 51.1 Å². The molecule has 1 amide bonds. The number of benzene rings is 1. The fourth-order valence-electron chi connectivity index (χ4n) is 3.90. The molecule has 1 aromatic carbocycles. The molecule has 0 saturated carbocycles. The van der Waals surface area contributed by atoms with Gasteiger partial charge in [0.15, 0.2) is 11.6 Å². The minimum atomic E-state index is -4.66. The first-order chi connectivity index (χ1) is 14.4. The second kappa shape index (κ2) is 7.03. The van der Waals surface area contributed by atoms with Gasteiger partial charge in [0.05, 0.1) is 40.9 Å². The van der Waals surface area contributed by atoms with Gasteiger partial charge in [-0.3, -0.25) is 4.79 Å². The lowest BCUT2D eigenvalue weighted by atomic mass is 10.0. The molecule has 0 radical (unpaired) electrons. The van der Waals surface area contributed by atoms with Crippen molar-refractivity contribution in [3.8, 4) is 11.5 Å². The van der Waals surface area contributed by atoms with E-state index in [0.717, 1.165) is 6.07 Å². The lowest BCUT2D eigenvalue weighted by Crippen LogP contribution is -2.56. The predicted octanol–water partition coefficient (Wildman–Crippen LogP) is 3.67. The Hall–Kier alpha value is -2.50. The van der Waals surface area contributed by atoms with Crippen LogP contribution >= 0.6 is 22.9 Å². The van der Waals surface area contributed by atoms with E-state index in [1.807, 2.05) is 9.95 Å². The second-order valence-electron chi connectivity index (χ2n) is 6.95. The number of ether oxygens (including phenoxy) is 1. The molecule has 2 aromatic heterocycles. The van der Waals surface area contributed by atoms with Gasteiger partial charge in [0, 0.05) is 11.9 Å². The zero-order chi connectivity index (χ0) is 21.0. The summed E-state index contributed by atoms with van der Waals surface area (Å²) in [5.74, 6) is 0.506. The van der Waals surface area contributed by atoms with E-state index >= 15 is 0 Å². The van der Waals surface area contributed by atoms with E-state index in [1.165, 1.54) is 28.4 Å². The Kier molecular flexibility index (Phi) is 4.56. The number of halogens is 4. The second-order valence-corrected chi connectivity index (χ2v) is 8.05. The summed E-state index contributed by atoms with van der Waals surface area (Å²) in [4.78, 5) is 19.1. The fraction of sp³-hybridized carbons (Fsp3) is 0.333.